The van der Waals surface area contributed by atoms with Crippen LogP contribution in [0.2, 0.25) is 0 Å². The van der Waals surface area contributed by atoms with Crippen LogP contribution in [0.1, 0.15) is 27.7 Å². The Morgan fingerprint density at radius 1 is 1.36 bits per heavy atom. The Morgan fingerprint density at radius 2 is 1.82 bits per heavy atom. The molecule has 0 aromatic heterocycles. The maximum Gasteiger partial charge on any atom is 0.146 e. The maximum atomic E-state index is 10.9. The number of Topliss-reactive ketones (excluding diaryl/α,β-unsaturated/α-hetero) is 1. The summed E-state index contributed by atoms with van der Waals surface area (Å²) in [4.78, 5) is 13.0. The smallest absolute Gasteiger partial charge is 0.146 e. The molecule has 11 heavy (non-hydrogen) atoms. The van der Waals surface area contributed by atoms with E-state index in [0.717, 1.165) is 6.54 Å². The van der Waals surface area contributed by atoms with E-state index in [1.165, 1.54) is 0 Å². The number of hydrogen-bond donors (Lipinski definition) is 0. The zero-order chi connectivity index (χ0) is 9.02. The first-order chi connectivity index (χ1) is 4.95. The van der Waals surface area contributed by atoms with Crippen molar-refractivity contribution in [2.24, 2.45) is 5.92 Å². The van der Waals surface area contributed by atoms with Crippen LogP contribution in [0.3, 0.4) is 0 Å². The molecule has 0 bridgehead atoms. The number of carbonyl (C=O) groups excluding carboxylic acids is 1. The third kappa shape index (κ3) is 4.14. The summed E-state index contributed by atoms with van der Waals surface area (Å²) in [5, 5.41) is 0. The van der Waals surface area contributed by atoms with Crippen LogP contribution in [0.15, 0.2) is 0 Å². The minimum absolute atomic E-state index is 0.0670. The average Bonchev–Trinajstić information content (AvgIpc) is 1.84. The highest BCUT2D eigenvalue weighted by Gasteiger charge is 2.13. The van der Waals surface area contributed by atoms with E-state index in [0.29, 0.717) is 5.92 Å². The van der Waals surface area contributed by atoms with Gasteiger partial charge in [0.1, 0.15) is 5.78 Å². The minimum atomic E-state index is 0.0670. The fraction of sp³-hybridized carbons (Fsp3) is 0.889. The molecule has 0 aromatic carbocycles. The molecule has 1 atom stereocenters. The van der Waals surface area contributed by atoms with Crippen molar-refractivity contribution in [2.45, 2.75) is 33.7 Å². The van der Waals surface area contributed by atoms with Crippen LogP contribution in [-0.2, 0) is 4.79 Å². The number of likely N-dealkylation sites (N-methyl/N-ethyl adjacent to an activating group) is 1. The normalized spacial score (nSPS) is 14.1. The van der Waals surface area contributed by atoms with Crippen molar-refractivity contribution in [1.82, 2.24) is 4.90 Å². The lowest BCUT2D eigenvalue weighted by atomic mass is 10.1. The Bertz CT molecular complexity index is 132. The summed E-state index contributed by atoms with van der Waals surface area (Å²) in [5.74, 6) is 0.870. The fourth-order valence-corrected chi connectivity index (χ4v) is 1.04. The Morgan fingerprint density at radius 3 is 2.09 bits per heavy atom. The molecule has 1 unspecified atom stereocenters. The topological polar surface area (TPSA) is 20.3 Å². The molecule has 0 amide bonds. The van der Waals surface area contributed by atoms with Crippen LogP contribution in [0.25, 0.3) is 0 Å². The molecule has 2 nitrogen and oxygen atoms in total. The largest absolute Gasteiger partial charge is 0.298 e. The number of hydrogen-bond acceptors (Lipinski definition) is 2. The molecule has 0 aliphatic carbocycles. The van der Waals surface area contributed by atoms with Crippen LogP contribution in [0.5, 0.6) is 0 Å². The van der Waals surface area contributed by atoms with Gasteiger partial charge in [-0.05, 0) is 26.8 Å². The minimum Gasteiger partial charge on any atom is -0.298 e. The van der Waals surface area contributed by atoms with Gasteiger partial charge in [0.2, 0.25) is 0 Å². The number of ketones is 1. The molecule has 2 heteroatoms. The van der Waals surface area contributed by atoms with E-state index in [4.69, 9.17) is 0 Å². The second-order valence-corrected chi connectivity index (χ2v) is 3.62. The highest BCUT2D eigenvalue weighted by atomic mass is 16.1. The molecule has 0 heterocycles. The van der Waals surface area contributed by atoms with Crippen molar-refractivity contribution in [3.63, 3.8) is 0 Å². The molecule has 0 radical (unpaired) electrons. The number of rotatable bonds is 4. The Labute approximate surface area is 69.6 Å². The molecule has 0 saturated carbocycles. The van der Waals surface area contributed by atoms with Crippen LogP contribution < -0.4 is 0 Å². The lowest BCUT2D eigenvalue weighted by molar-refractivity contribution is -0.121. The average molecular weight is 157 g/mol. The molecule has 0 N–H and O–H groups in total. The van der Waals surface area contributed by atoms with Gasteiger partial charge in [-0.3, -0.25) is 9.69 Å². The summed E-state index contributed by atoms with van der Waals surface area (Å²) < 4.78 is 0. The molecule has 0 aliphatic heterocycles. The summed E-state index contributed by atoms with van der Waals surface area (Å²) >= 11 is 0. The Kier molecular flexibility index (Phi) is 4.34. The molecule has 0 rings (SSSR count). The van der Waals surface area contributed by atoms with Crippen molar-refractivity contribution >= 4 is 5.78 Å². The van der Waals surface area contributed by atoms with E-state index in [9.17, 15) is 4.79 Å². The van der Waals surface area contributed by atoms with Crippen LogP contribution >= 0.6 is 0 Å². The molecule has 0 aromatic rings. The highest BCUT2D eigenvalue weighted by molar-refractivity contribution is 5.80. The van der Waals surface area contributed by atoms with Gasteiger partial charge in [-0.15, -0.1) is 0 Å². The molecule has 0 fully saturated rings. The van der Waals surface area contributed by atoms with Gasteiger partial charge in [0.15, 0.2) is 0 Å². The van der Waals surface area contributed by atoms with Gasteiger partial charge in [-0.25, -0.2) is 0 Å². The maximum absolute atomic E-state index is 10.9. The molecular weight excluding hydrogens is 138 g/mol. The fourth-order valence-electron chi connectivity index (χ4n) is 1.04. The standard InChI is InChI=1S/C9H19NO/c1-7(2)6-10(5)8(3)9(4)11/h7-8H,6H2,1-5H3. The van der Waals surface area contributed by atoms with Gasteiger partial charge in [0.05, 0.1) is 6.04 Å². The summed E-state index contributed by atoms with van der Waals surface area (Å²) in [5.41, 5.74) is 0. The van der Waals surface area contributed by atoms with E-state index in [1.807, 2.05) is 14.0 Å². The van der Waals surface area contributed by atoms with Gasteiger partial charge in [0.25, 0.3) is 0 Å². The number of carbonyl (C=O) groups is 1. The van der Waals surface area contributed by atoms with Gasteiger partial charge >= 0.3 is 0 Å². The molecule has 0 saturated heterocycles. The van der Waals surface area contributed by atoms with E-state index >= 15 is 0 Å². The third-order valence-corrected chi connectivity index (χ3v) is 1.90. The van der Waals surface area contributed by atoms with Crippen LogP contribution in [0, 0.1) is 5.92 Å². The van der Waals surface area contributed by atoms with Crippen molar-refractivity contribution in [2.75, 3.05) is 13.6 Å². The van der Waals surface area contributed by atoms with Crippen molar-refractivity contribution < 1.29 is 4.79 Å². The first kappa shape index (κ1) is 10.6. The van der Waals surface area contributed by atoms with Crippen molar-refractivity contribution in [3.05, 3.63) is 0 Å². The Hall–Kier alpha value is -0.370. The van der Waals surface area contributed by atoms with E-state index in [1.54, 1.807) is 6.92 Å². The van der Waals surface area contributed by atoms with E-state index < -0.39 is 0 Å². The summed E-state index contributed by atoms with van der Waals surface area (Å²) in [6.07, 6.45) is 0. The van der Waals surface area contributed by atoms with Crippen molar-refractivity contribution in [3.8, 4) is 0 Å². The predicted octanol–water partition coefficient (Wildman–Crippen LogP) is 1.55. The Balaban J connectivity index is 3.82. The SMILES string of the molecule is CC(=O)C(C)N(C)CC(C)C. The molecule has 0 aliphatic rings. The molecule has 66 valence electrons. The summed E-state index contributed by atoms with van der Waals surface area (Å²) in [7, 11) is 1.99. The first-order valence-corrected chi connectivity index (χ1v) is 4.15. The molecular formula is C9H19NO. The lowest BCUT2D eigenvalue weighted by Gasteiger charge is -2.23. The quantitative estimate of drug-likeness (QED) is 0.617. The zero-order valence-electron chi connectivity index (χ0n) is 8.22. The van der Waals surface area contributed by atoms with E-state index in [2.05, 4.69) is 18.7 Å². The monoisotopic (exact) mass is 157 g/mol. The predicted molar refractivity (Wildman–Crippen MR) is 47.6 cm³/mol. The van der Waals surface area contributed by atoms with Crippen molar-refractivity contribution in [1.29, 1.82) is 0 Å². The van der Waals surface area contributed by atoms with Gasteiger partial charge in [-0.2, -0.15) is 0 Å². The molecule has 0 spiro atoms. The zero-order valence-corrected chi connectivity index (χ0v) is 8.22. The van der Waals surface area contributed by atoms with Crippen LogP contribution in [0.4, 0.5) is 0 Å². The lowest BCUT2D eigenvalue weighted by Crippen LogP contribution is -2.36. The summed E-state index contributed by atoms with van der Waals surface area (Å²) in [6, 6.07) is 0.0670. The third-order valence-electron chi connectivity index (χ3n) is 1.90. The highest BCUT2D eigenvalue weighted by Crippen LogP contribution is 2.01. The van der Waals surface area contributed by atoms with E-state index in [-0.39, 0.29) is 11.8 Å². The van der Waals surface area contributed by atoms with Gasteiger partial charge in [0, 0.05) is 6.54 Å². The summed E-state index contributed by atoms with van der Waals surface area (Å²) in [6.45, 7) is 8.89. The second kappa shape index (κ2) is 4.50. The first-order valence-electron chi connectivity index (χ1n) is 4.15. The van der Waals surface area contributed by atoms with Gasteiger partial charge < -0.3 is 0 Å². The van der Waals surface area contributed by atoms with Gasteiger partial charge in [-0.1, -0.05) is 13.8 Å². The van der Waals surface area contributed by atoms with Crippen LogP contribution in [-0.4, -0.2) is 30.3 Å². The number of nitrogens with zero attached hydrogens (tertiary/aromatic N) is 1. The second-order valence-electron chi connectivity index (χ2n) is 3.62.